The van der Waals surface area contributed by atoms with Crippen molar-refractivity contribution in [2.75, 3.05) is 14.2 Å². The van der Waals surface area contributed by atoms with Crippen molar-refractivity contribution in [1.29, 1.82) is 0 Å². The fourth-order valence-corrected chi connectivity index (χ4v) is 1.61. The van der Waals surface area contributed by atoms with E-state index in [1.54, 1.807) is 14.2 Å². The molecule has 0 amide bonds. The molecule has 1 atom stereocenters. The van der Waals surface area contributed by atoms with Gasteiger partial charge in [0.05, 0.1) is 0 Å². The maximum Gasteiger partial charge on any atom is 0.194 e. The van der Waals surface area contributed by atoms with Gasteiger partial charge in [0.1, 0.15) is 6.10 Å². The average molecular weight is 172 g/mol. The van der Waals surface area contributed by atoms with Crippen LogP contribution in [0.5, 0.6) is 0 Å². The molecular formula is C9H16O3. The van der Waals surface area contributed by atoms with E-state index in [1.807, 2.05) is 0 Å². The second-order valence-electron chi connectivity index (χ2n) is 3.19. The van der Waals surface area contributed by atoms with Gasteiger partial charge in [-0.3, -0.25) is 0 Å². The minimum atomic E-state index is -0.804. The third-order valence-corrected chi connectivity index (χ3v) is 2.51. The third kappa shape index (κ3) is 1.53. The van der Waals surface area contributed by atoms with Gasteiger partial charge in [-0.2, -0.15) is 0 Å². The highest BCUT2D eigenvalue weighted by molar-refractivity contribution is 5.05. The van der Waals surface area contributed by atoms with E-state index in [1.165, 1.54) is 0 Å². The molecule has 3 nitrogen and oxygen atoms in total. The first kappa shape index (κ1) is 9.71. The molecule has 0 radical (unpaired) electrons. The summed E-state index contributed by atoms with van der Waals surface area (Å²) in [7, 11) is 3.11. The van der Waals surface area contributed by atoms with Crippen LogP contribution in [0.15, 0.2) is 12.2 Å². The van der Waals surface area contributed by atoms with E-state index in [4.69, 9.17) is 9.47 Å². The zero-order chi connectivity index (χ0) is 9.19. The Bertz CT molecular complexity index is 173. The quantitative estimate of drug-likeness (QED) is 0.500. The van der Waals surface area contributed by atoms with Crippen LogP contribution in [-0.2, 0) is 9.47 Å². The number of aliphatic hydroxyl groups excluding tert-OH is 1. The normalized spacial score (nSPS) is 28.9. The van der Waals surface area contributed by atoms with Crippen LogP contribution in [0.4, 0.5) is 0 Å². The van der Waals surface area contributed by atoms with E-state index in [-0.39, 0.29) is 0 Å². The average Bonchev–Trinajstić information content (AvgIpc) is 2.06. The smallest absolute Gasteiger partial charge is 0.194 e. The molecule has 0 aromatic heterocycles. The van der Waals surface area contributed by atoms with E-state index < -0.39 is 11.9 Å². The topological polar surface area (TPSA) is 38.7 Å². The Hall–Kier alpha value is -0.380. The SMILES string of the molecule is C=C1CCC(OC)(OC)[C@H](O)C1. The van der Waals surface area contributed by atoms with E-state index in [9.17, 15) is 5.11 Å². The van der Waals surface area contributed by atoms with E-state index in [2.05, 4.69) is 6.58 Å². The minimum Gasteiger partial charge on any atom is -0.387 e. The molecule has 0 aromatic carbocycles. The van der Waals surface area contributed by atoms with Crippen molar-refractivity contribution in [3.8, 4) is 0 Å². The lowest BCUT2D eigenvalue weighted by atomic mass is 9.88. The van der Waals surface area contributed by atoms with Gasteiger partial charge in [-0.15, -0.1) is 0 Å². The predicted octanol–water partition coefficient (Wildman–Crippen LogP) is 1.08. The van der Waals surface area contributed by atoms with E-state index >= 15 is 0 Å². The molecule has 1 aliphatic carbocycles. The molecular weight excluding hydrogens is 156 g/mol. The molecule has 0 aromatic rings. The highest BCUT2D eigenvalue weighted by Crippen LogP contribution is 2.34. The first-order valence-corrected chi connectivity index (χ1v) is 4.09. The zero-order valence-corrected chi connectivity index (χ0v) is 7.67. The summed E-state index contributed by atoms with van der Waals surface area (Å²) in [6.45, 7) is 3.83. The fourth-order valence-electron chi connectivity index (χ4n) is 1.61. The Morgan fingerprint density at radius 3 is 2.50 bits per heavy atom. The molecule has 1 fully saturated rings. The highest BCUT2D eigenvalue weighted by Gasteiger charge is 2.41. The van der Waals surface area contributed by atoms with Crippen LogP contribution in [0.3, 0.4) is 0 Å². The lowest BCUT2D eigenvalue weighted by Gasteiger charge is -2.39. The van der Waals surface area contributed by atoms with E-state index in [0.717, 1.165) is 12.0 Å². The summed E-state index contributed by atoms with van der Waals surface area (Å²) >= 11 is 0. The van der Waals surface area contributed by atoms with Crippen LogP contribution in [0.2, 0.25) is 0 Å². The Morgan fingerprint density at radius 2 is 2.08 bits per heavy atom. The number of hydrogen-bond acceptors (Lipinski definition) is 3. The number of aliphatic hydroxyl groups is 1. The van der Waals surface area contributed by atoms with Crippen molar-refractivity contribution in [1.82, 2.24) is 0 Å². The van der Waals surface area contributed by atoms with Crippen LogP contribution < -0.4 is 0 Å². The van der Waals surface area contributed by atoms with Gasteiger partial charge in [0.15, 0.2) is 5.79 Å². The van der Waals surface area contributed by atoms with Crippen molar-refractivity contribution < 1.29 is 14.6 Å². The van der Waals surface area contributed by atoms with Crippen molar-refractivity contribution in [2.24, 2.45) is 0 Å². The fraction of sp³-hybridized carbons (Fsp3) is 0.778. The van der Waals surface area contributed by atoms with Crippen molar-refractivity contribution >= 4 is 0 Å². The summed E-state index contributed by atoms with van der Waals surface area (Å²) in [6, 6.07) is 0. The molecule has 0 bridgehead atoms. The summed E-state index contributed by atoms with van der Waals surface area (Å²) < 4.78 is 10.4. The molecule has 1 aliphatic rings. The summed E-state index contributed by atoms with van der Waals surface area (Å²) in [5.74, 6) is -0.804. The molecule has 1 rings (SSSR count). The molecule has 0 aliphatic heterocycles. The van der Waals surface area contributed by atoms with Gasteiger partial charge in [-0.05, 0) is 12.8 Å². The van der Waals surface area contributed by atoms with Crippen LogP contribution in [0, 0.1) is 0 Å². The second kappa shape index (κ2) is 3.56. The van der Waals surface area contributed by atoms with Crippen molar-refractivity contribution in [2.45, 2.75) is 31.2 Å². The highest BCUT2D eigenvalue weighted by atomic mass is 16.7. The third-order valence-electron chi connectivity index (χ3n) is 2.51. The summed E-state index contributed by atoms with van der Waals surface area (Å²) in [4.78, 5) is 0. The van der Waals surface area contributed by atoms with E-state index in [0.29, 0.717) is 12.8 Å². The number of methoxy groups -OCH3 is 2. The largest absolute Gasteiger partial charge is 0.387 e. The minimum absolute atomic E-state index is 0.571. The van der Waals surface area contributed by atoms with Crippen molar-refractivity contribution in [3.05, 3.63) is 12.2 Å². The summed E-state index contributed by atoms with van der Waals surface area (Å²) in [5.41, 5.74) is 1.06. The maximum absolute atomic E-state index is 9.68. The molecule has 0 heterocycles. The molecule has 0 spiro atoms. The predicted molar refractivity (Wildman–Crippen MR) is 45.7 cm³/mol. The lowest BCUT2D eigenvalue weighted by Crippen LogP contribution is -2.48. The van der Waals surface area contributed by atoms with Gasteiger partial charge in [-0.1, -0.05) is 12.2 Å². The van der Waals surface area contributed by atoms with Gasteiger partial charge >= 0.3 is 0 Å². The molecule has 0 unspecified atom stereocenters. The Labute approximate surface area is 73.0 Å². The van der Waals surface area contributed by atoms with Gasteiger partial charge < -0.3 is 14.6 Å². The Kier molecular flexibility index (Phi) is 2.88. The number of ether oxygens (including phenoxy) is 2. The van der Waals surface area contributed by atoms with Crippen LogP contribution >= 0.6 is 0 Å². The van der Waals surface area contributed by atoms with Gasteiger partial charge in [0, 0.05) is 20.6 Å². The molecule has 0 saturated heterocycles. The molecule has 1 N–H and O–H groups in total. The second-order valence-corrected chi connectivity index (χ2v) is 3.19. The Morgan fingerprint density at radius 1 is 1.50 bits per heavy atom. The maximum atomic E-state index is 9.68. The first-order chi connectivity index (χ1) is 5.64. The molecule has 3 heteroatoms. The molecule has 70 valence electrons. The number of rotatable bonds is 2. The van der Waals surface area contributed by atoms with Crippen LogP contribution in [0.1, 0.15) is 19.3 Å². The van der Waals surface area contributed by atoms with Gasteiger partial charge in [0.2, 0.25) is 0 Å². The van der Waals surface area contributed by atoms with Gasteiger partial charge in [-0.25, -0.2) is 0 Å². The van der Waals surface area contributed by atoms with Crippen LogP contribution in [0.25, 0.3) is 0 Å². The summed E-state index contributed by atoms with van der Waals surface area (Å²) in [6.07, 6.45) is 1.52. The first-order valence-electron chi connectivity index (χ1n) is 4.09. The zero-order valence-electron chi connectivity index (χ0n) is 7.67. The van der Waals surface area contributed by atoms with Crippen LogP contribution in [-0.4, -0.2) is 31.2 Å². The summed E-state index contributed by atoms with van der Waals surface area (Å²) in [5, 5.41) is 9.68. The van der Waals surface area contributed by atoms with Crippen molar-refractivity contribution in [3.63, 3.8) is 0 Å². The Balaban J connectivity index is 2.70. The standard InChI is InChI=1S/C9H16O3/c1-7-4-5-9(11-2,12-3)8(10)6-7/h8,10H,1,4-6H2,2-3H3/t8-/m1/s1. The monoisotopic (exact) mass is 172 g/mol. The lowest BCUT2D eigenvalue weighted by molar-refractivity contribution is -0.267. The molecule has 12 heavy (non-hydrogen) atoms. The number of hydrogen-bond donors (Lipinski definition) is 1. The molecule has 1 saturated carbocycles. The van der Waals surface area contributed by atoms with Gasteiger partial charge in [0.25, 0.3) is 0 Å².